The Bertz CT molecular complexity index is 1170. The molecule has 1 heterocycles. The Kier molecular flexibility index (Phi) is 5.75. The van der Waals surface area contributed by atoms with Crippen molar-refractivity contribution in [3.63, 3.8) is 0 Å². The van der Waals surface area contributed by atoms with Crippen molar-refractivity contribution < 1.29 is 9.53 Å². The summed E-state index contributed by atoms with van der Waals surface area (Å²) in [7, 11) is 0. The van der Waals surface area contributed by atoms with Gasteiger partial charge in [0, 0.05) is 28.3 Å². The van der Waals surface area contributed by atoms with Gasteiger partial charge in [-0.25, -0.2) is 4.98 Å². The highest BCUT2D eigenvalue weighted by Gasteiger charge is 2.13. The molecule has 150 valence electrons. The highest BCUT2D eigenvalue weighted by Crippen LogP contribution is 2.31. The Labute approximate surface area is 176 Å². The van der Waals surface area contributed by atoms with E-state index < -0.39 is 0 Å². The largest absolute Gasteiger partial charge is 0.493 e. The second-order valence-electron chi connectivity index (χ2n) is 7.04. The summed E-state index contributed by atoms with van der Waals surface area (Å²) >= 11 is 0. The van der Waals surface area contributed by atoms with Gasteiger partial charge in [0.05, 0.1) is 17.8 Å². The third-order valence-electron chi connectivity index (χ3n) is 5.02. The fourth-order valence-corrected chi connectivity index (χ4v) is 3.39. The molecule has 1 aromatic heterocycles. The number of ether oxygens (including phenoxy) is 1. The number of carbonyl (C=O) groups excluding carboxylic acids is 1. The molecule has 0 unspecified atom stereocenters. The molecule has 0 aliphatic carbocycles. The first-order valence-corrected chi connectivity index (χ1v) is 10.2. The number of hydrogen-bond acceptors (Lipinski definition) is 3. The van der Waals surface area contributed by atoms with Crippen LogP contribution in [0, 0.1) is 0 Å². The standard InChI is InChI=1S/C26H24N2O2/c1-3-18-10-13-21(14-11-18)27-26(29)20-12-15-23-22(16-20)25(30-4-2)17-24(28-23)19-8-6-5-7-9-19/h5-17H,3-4H2,1-2H3,(H,27,29). The van der Waals surface area contributed by atoms with E-state index in [1.807, 2.05) is 79.7 Å². The number of rotatable bonds is 6. The number of aromatic nitrogens is 1. The molecule has 1 amide bonds. The lowest BCUT2D eigenvalue weighted by Crippen LogP contribution is -2.12. The van der Waals surface area contributed by atoms with Crippen molar-refractivity contribution in [2.75, 3.05) is 11.9 Å². The van der Waals surface area contributed by atoms with Gasteiger partial charge in [0.25, 0.3) is 5.91 Å². The van der Waals surface area contributed by atoms with Crippen LogP contribution in [0.4, 0.5) is 5.69 Å². The van der Waals surface area contributed by atoms with E-state index in [-0.39, 0.29) is 5.91 Å². The third kappa shape index (κ3) is 4.18. The number of amides is 1. The average Bonchev–Trinajstić information content (AvgIpc) is 2.80. The number of carbonyl (C=O) groups is 1. The van der Waals surface area contributed by atoms with Crippen LogP contribution >= 0.6 is 0 Å². The van der Waals surface area contributed by atoms with Crippen LogP contribution in [0.1, 0.15) is 29.8 Å². The molecular weight excluding hydrogens is 372 g/mol. The van der Waals surface area contributed by atoms with E-state index in [1.165, 1.54) is 5.56 Å². The predicted octanol–water partition coefficient (Wildman–Crippen LogP) is 6.12. The third-order valence-corrected chi connectivity index (χ3v) is 5.02. The molecule has 0 saturated heterocycles. The van der Waals surface area contributed by atoms with Gasteiger partial charge in [-0.15, -0.1) is 0 Å². The maximum atomic E-state index is 12.8. The summed E-state index contributed by atoms with van der Waals surface area (Å²) in [6.07, 6.45) is 0.969. The van der Waals surface area contributed by atoms with E-state index in [0.29, 0.717) is 12.2 Å². The molecule has 0 radical (unpaired) electrons. The van der Waals surface area contributed by atoms with Gasteiger partial charge in [0.1, 0.15) is 5.75 Å². The van der Waals surface area contributed by atoms with Gasteiger partial charge in [-0.2, -0.15) is 0 Å². The van der Waals surface area contributed by atoms with Gasteiger partial charge in [-0.1, -0.05) is 49.4 Å². The van der Waals surface area contributed by atoms with Gasteiger partial charge < -0.3 is 10.1 Å². The van der Waals surface area contributed by atoms with Gasteiger partial charge in [-0.3, -0.25) is 4.79 Å². The molecule has 0 aliphatic rings. The van der Waals surface area contributed by atoms with Crippen molar-refractivity contribution in [1.82, 2.24) is 4.98 Å². The molecular formula is C26H24N2O2. The number of fused-ring (bicyclic) bond motifs is 1. The number of nitrogens with one attached hydrogen (secondary N) is 1. The summed E-state index contributed by atoms with van der Waals surface area (Å²) in [6, 6.07) is 25.4. The van der Waals surface area contributed by atoms with Crippen molar-refractivity contribution in [3.8, 4) is 17.0 Å². The van der Waals surface area contributed by atoms with Crippen LogP contribution in [0.2, 0.25) is 0 Å². The van der Waals surface area contributed by atoms with Crippen molar-refractivity contribution in [2.24, 2.45) is 0 Å². The highest BCUT2D eigenvalue weighted by molar-refractivity contribution is 6.07. The lowest BCUT2D eigenvalue weighted by atomic mass is 10.1. The Morgan fingerprint density at radius 3 is 2.40 bits per heavy atom. The zero-order valence-electron chi connectivity index (χ0n) is 17.2. The molecule has 4 aromatic rings. The molecule has 0 fully saturated rings. The Balaban J connectivity index is 1.68. The second-order valence-corrected chi connectivity index (χ2v) is 7.04. The molecule has 0 atom stereocenters. The maximum absolute atomic E-state index is 12.8. The Hall–Kier alpha value is -3.66. The minimum atomic E-state index is -0.157. The summed E-state index contributed by atoms with van der Waals surface area (Å²) in [5.74, 6) is 0.569. The Morgan fingerprint density at radius 1 is 0.933 bits per heavy atom. The molecule has 4 rings (SSSR count). The molecule has 0 saturated carbocycles. The number of nitrogens with zero attached hydrogens (tertiary/aromatic N) is 1. The van der Waals surface area contributed by atoms with Crippen molar-refractivity contribution in [3.05, 3.63) is 90.0 Å². The molecule has 3 aromatic carbocycles. The quantitative estimate of drug-likeness (QED) is 0.427. The van der Waals surface area contributed by atoms with Gasteiger partial charge in [0.2, 0.25) is 0 Å². The monoisotopic (exact) mass is 396 g/mol. The smallest absolute Gasteiger partial charge is 0.255 e. The minimum absolute atomic E-state index is 0.157. The van der Waals surface area contributed by atoms with E-state index in [9.17, 15) is 4.79 Å². The van der Waals surface area contributed by atoms with Crippen LogP contribution in [0.3, 0.4) is 0 Å². The van der Waals surface area contributed by atoms with Crippen molar-refractivity contribution >= 4 is 22.5 Å². The summed E-state index contributed by atoms with van der Waals surface area (Å²) in [4.78, 5) is 17.6. The number of benzene rings is 3. The maximum Gasteiger partial charge on any atom is 0.255 e. The average molecular weight is 396 g/mol. The number of aryl methyl sites for hydroxylation is 1. The molecule has 4 heteroatoms. The van der Waals surface area contributed by atoms with E-state index in [2.05, 4.69) is 12.2 Å². The van der Waals surface area contributed by atoms with Crippen LogP contribution in [-0.2, 0) is 6.42 Å². The lowest BCUT2D eigenvalue weighted by Gasteiger charge is -2.12. The highest BCUT2D eigenvalue weighted by atomic mass is 16.5. The van der Waals surface area contributed by atoms with Gasteiger partial charge in [-0.05, 0) is 49.2 Å². The summed E-state index contributed by atoms with van der Waals surface area (Å²) < 4.78 is 5.89. The fraction of sp³-hybridized carbons (Fsp3) is 0.154. The molecule has 0 aliphatic heterocycles. The van der Waals surface area contributed by atoms with Crippen LogP contribution in [0.15, 0.2) is 78.9 Å². The fourth-order valence-electron chi connectivity index (χ4n) is 3.39. The van der Waals surface area contributed by atoms with E-state index in [0.717, 1.165) is 40.0 Å². The summed E-state index contributed by atoms with van der Waals surface area (Å²) in [6.45, 7) is 4.59. The predicted molar refractivity (Wildman–Crippen MR) is 122 cm³/mol. The first-order chi connectivity index (χ1) is 14.7. The van der Waals surface area contributed by atoms with Gasteiger partial charge >= 0.3 is 0 Å². The molecule has 0 spiro atoms. The SMILES string of the molecule is CCOc1cc(-c2ccccc2)nc2ccc(C(=O)Nc3ccc(CC)cc3)cc12. The summed E-state index contributed by atoms with van der Waals surface area (Å²) in [5, 5.41) is 3.79. The second kappa shape index (κ2) is 8.78. The normalized spacial score (nSPS) is 10.7. The first-order valence-electron chi connectivity index (χ1n) is 10.2. The van der Waals surface area contributed by atoms with Crippen LogP contribution in [0.5, 0.6) is 5.75 Å². The molecule has 1 N–H and O–H groups in total. The van der Waals surface area contributed by atoms with E-state index in [4.69, 9.17) is 9.72 Å². The molecule has 4 nitrogen and oxygen atoms in total. The number of pyridine rings is 1. The lowest BCUT2D eigenvalue weighted by molar-refractivity contribution is 0.102. The zero-order chi connectivity index (χ0) is 20.9. The number of hydrogen-bond donors (Lipinski definition) is 1. The zero-order valence-corrected chi connectivity index (χ0v) is 17.2. The Morgan fingerprint density at radius 2 is 1.70 bits per heavy atom. The topological polar surface area (TPSA) is 51.2 Å². The summed E-state index contributed by atoms with van der Waals surface area (Å²) in [5.41, 5.74) is 5.25. The number of anilines is 1. The molecule has 0 bridgehead atoms. The first kappa shape index (κ1) is 19.6. The van der Waals surface area contributed by atoms with Crippen LogP contribution < -0.4 is 10.1 Å². The van der Waals surface area contributed by atoms with Crippen molar-refractivity contribution in [2.45, 2.75) is 20.3 Å². The minimum Gasteiger partial charge on any atom is -0.493 e. The van der Waals surface area contributed by atoms with Crippen LogP contribution in [-0.4, -0.2) is 17.5 Å². The van der Waals surface area contributed by atoms with Crippen LogP contribution in [0.25, 0.3) is 22.2 Å². The van der Waals surface area contributed by atoms with E-state index in [1.54, 1.807) is 6.07 Å². The van der Waals surface area contributed by atoms with Gasteiger partial charge in [0.15, 0.2) is 0 Å². The van der Waals surface area contributed by atoms with Crippen molar-refractivity contribution in [1.29, 1.82) is 0 Å². The van der Waals surface area contributed by atoms with E-state index >= 15 is 0 Å². The molecule has 30 heavy (non-hydrogen) atoms.